The van der Waals surface area contributed by atoms with Gasteiger partial charge in [0.2, 0.25) is 5.91 Å². The summed E-state index contributed by atoms with van der Waals surface area (Å²) in [7, 11) is 0. The largest absolute Gasteiger partial charge is 0.337 e. The van der Waals surface area contributed by atoms with Gasteiger partial charge in [0.05, 0.1) is 17.7 Å². The van der Waals surface area contributed by atoms with E-state index in [-0.39, 0.29) is 5.91 Å². The Morgan fingerprint density at radius 2 is 1.92 bits per heavy atom. The molecule has 4 nitrogen and oxygen atoms in total. The molecule has 25 heavy (non-hydrogen) atoms. The predicted octanol–water partition coefficient (Wildman–Crippen LogP) is 3.48. The monoisotopic (exact) mass is 349 g/mol. The van der Waals surface area contributed by atoms with E-state index in [9.17, 15) is 10.1 Å². The molecule has 1 aliphatic rings. The van der Waals surface area contributed by atoms with Crippen molar-refractivity contribution in [2.24, 2.45) is 5.92 Å². The molecule has 0 radical (unpaired) electrons. The van der Waals surface area contributed by atoms with Crippen molar-refractivity contribution in [3.05, 3.63) is 69.7 Å². The van der Waals surface area contributed by atoms with Gasteiger partial charge >= 0.3 is 0 Å². The average Bonchev–Trinajstić information content (AvgIpc) is 2.65. The normalized spacial score (nSPS) is 14.1. The van der Waals surface area contributed by atoms with E-state index in [1.165, 1.54) is 0 Å². The van der Waals surface area contributed by atoms with E-state index in [0.29, 0.717) is 30.1 Å². The van der Waals surface area contributed by atoms with Gasteiger partial charge in [-0.1, -0.05) is 29.8 Å². The van der Waals surface area contributed by atoms with Gasteiger partial charge in [0.15, 0.2) is 0 Å². The maximum atomic E-state index is 12.8. The Bertz CT molecular complexity index is 877. The summed E-state index contributed by atoms with van der Waals surface area (Å²) in [4.78, 5) is 14.5. The third-order valence-electron chi connectivity index (χ3n) is 4.47. The molecule has 0 aliphatic carbocycles. The zero-order valence-electron chi connectivity index (χ0n) is 13.6. The molecule has 0 bridgehead atoms. The molecule has 2 aromatic carbocycles. The van der Waals surface area contributed by atoms with Crippen molar-refractivity contribution < 1.29 is 4.79 Å². The van der Waals surface area contributed by atoms with Crippen molar-refractivity contribution >= 4 is 17.5 Å². The Labute approximate surface area is 151 Å². The molecule has 3 rings (SSSR count). The molecule has 2 aromatic rings. The molecule has 1 atom stereocenters. The van der Waals surface area contributed by atoms with Crippen LogP contribution in [0.1, 0.15) is 22.3 Å². The van der Waals surface area contributed by atoms with E-state index >= 15 is 0 Å². The molecule has 1 heterocycles. The lowest BCUT2D eigenvalue weighted by Crippen LogP contribution is -2.40. The van der Waals surface area contributed by atoms with Crippen LogP contribution >= 0.6 is 11.6 Å². The van der Waals surface area contributed by atoms with Crippen molar-refractivity contribution in [2.75, 3.05) is 6.54 Å². The molecule has 1 aliphatic heterocycles. The van der Waals surface area contributed by atoms with E-state index in [1.54, 1.807) is 29.2 Å². The lowest BCUT2D eigenvalue weighted by atomic mass is 9.95. The standard InChI is InChI=1S/C20H16ClN3O/c21-19-6-5-17-13-24(8-7-16(17)10-19)20(25)18(12-23)9-14-1-3-15(11-22)4-2-14/h1-6,10,18H,7-9,13H2/t18-/m0/s1. The smallest absolute Gasteiger partial charge is 0.240 e. The summed E-state index contributed by atoms with van der Waals surface area (Å²) in [6, 6.07) is 16.9. The number of fused-ring (bicyclic) bond motifs is 1. The highest BCUT2D eigenvalue weighted by Crippen LogP contribution is 2.24. The van der Waals surface area contributed by atoms with Gasteiger partial charge in [-0.3, -0.25) is 4.79 Å². The molecular weight excluding hydrogens is 334 g/mol. The number of amides is 1. The van der Waals surface area contributed by atoms with Crippen LogP contribution in [-0.2, 0) is 24.2 Å². The molecule has 0 spiro atoms. The van der Waals surface area contributed by atoms with Crippen LogP contribution in [0.2, 0.25) is 5.02 Å². The van der Waals surface area contributed by atoms with Crippen LogP contribution in [0.15, 0.2) is 42.5 Å². The molecule has 124 valence electrons. The summed E-state index contributed by atoms with van der Waals surface area (Å²) in [5, 5.41) is 19.0. The number of nitrogens with zero attached hydrogens (tertiary/aromatic N) is 3. The minimum absolute atomic E-state index is 0.146. The van der Waals surface area contributed by atoms with Crippen molar-refractivity contribution in [3.8, 4) is 12.1 Å². The third kappa shape index (κ3) is 3.82. The topological polar surface area (TPSA) is 67.9 Å². The number of carbonyl (C=O) groups excluding carboxylic acids is 1. The second-order valence-electron chi connectivity index (χ2n) is 6.12. The zero-order chi connectivity index (χ0) is 17.8. The molecule has 0 saturated carbocycles. The molecule has 1 amide bonds. The second kappa shape index (κ2) is 7.38. The first-order valence-electron chi connectivity index (χ1n) is 8.05. The van der Waals surface area contributed by atoms with Gasteiger partial charge in [0.25, 0.3) is 0 Å². The van der Waals surface area contributed by atoms with Crippen LogP contribution in [0, 0.1) is 28.6 Å². The molecule has 0 aromatic heterocycles. The Morgan fingerprint density at radius 1 is 1.16 bits per heavy atom. The maximum absolute atomic E-state index is 12.8. The highest BCUT2D eigenvalue weighted by atomic mass is 35.5. The second-order valence-corrected chi connectivity index (χ2v) is 6.55. The Morgan fingerprint density at radius 3 is 2.60 bits per heavy atom. The molecule has 5 heteroatoms. The summed E-state index contributed by atoms with van der Waals surface area (Å²) in [5.41, 5.74) is 3.69. The molecule has 0 fully saturated rings. The van der Waals surface area contributed by atoms with E-state index < -0.39 is 5.92 Å². The number of halogens is 1. The number of rotatable bonds is 3. The lowest BCUT2D eigenvalue weighted by Gasteiger charge is -2.30. The Kier molecular flexibility index (Phi) is 5.03. The Balaban J connectivity index is 1.71. The number of nitriles is 2. The number of hydrogen-bond donors (Lipinski definition) is 0. The number of carbonyl (C=O) groups is 1. The van der Waals surface area contributed by atoms with Crippen molar-refractivity contribution in [2.45, 2.75) is 19.4 Å². The summed E-state index contributed by atoms with van der Waals surface area (Å²) in [6.07, 6.45) is 1.10. The first kappa shape index (κ1) is 17.0. The summed E-state index contributed by atoms with van der Waals surface area (Å²) in [6.45, 7) is 1.11. The summed E-state index contributed by atoms with van der Waals surface area (Å²) in [5.74, 6) is -0.866. The van der Waals surface area contributed by atoms with E-state index in [0.717, 1.165) is 23.1 Å². The van der Waals surface area contributed by atoms with Gasteiger partial charge < -0.3 is 4.90 Å². The fraction of sp³-hybridized carbons (Fsp3) is 0.250. The van der Waals surface area contributed by atoms with Crippen molar-refractivity contribution in [1.29, 1.82) is 10.5 Å². The van der Waals surface area contributed by atoms with Crippen molar-refractivity contribution in [3.63, 3.8) is 0 Å². The Hall–Kier alpha value is -2.82. The van der Waals surface area contributed by atoms with Crippen LogP contribution in [-0.4, -0.2) is 17.4 Å². The first-order chi connectivity index (χ1) is 12.1. The fourth-order valence-electron chi connectivity index (χ4n) is 3.07. The van der Waals surface area contributed by atoms with Crippen LogP contribution in [0.4, 0.5) is 0 Å². The zero-order valence-corrected chi connectivity index (χ0v) is 14.3. The van der Waals surface area contributed by atoms with Crippen LogP contribution in [0.3, 0.4) is 0 Å². The molecule has 0 unspecified atom stereocenters. The highest BCUT2D eigenvalue weighted by Gasteiger charge is 2.27. The van der Waals surface area contributed by atoms with E-state index in [4.69, 9.17) is 16.9 Å². The van der Waals surface area contributed by atoms with Gasteiger partial charge in [-0.25, -0.2) is 0 Å². The first-order valence-corrected chi connectivity index (χ1v) is 8.43. The van der Waals surface area contributed by atoms with Crippen LogP contribution < -0.4 is 0 Å². The maximum Gasteiger partial charge on any atom is 0.240 e. The fourth-order valence-corrected chi connectivity index (χ4v) is 3.26. The molecule has 0 saturated heterocycles. The van der Waals surface area contributed by atoms with Crippen molar-refractivity contribution in [1.82, 2.24) is 4.90 Å². The lowest BCUT2D eigenvalue weighted by molar-refractivity contribution is -0.134. The van der Waals surface area contributed by atoms with Gasteiger partial charge in [-0.05, 0) is 53.8 Å². The van der Waals surface area contributed by atoms with E-state index in [2.05, 4.69) is 12.1 Å². The predicted molar refractivity (Wildman–Crippen MR) is 94.5 cm³/mol. The quantitative estimate of drug-likeness (QED) is 0.851. The minimum Gasteiger partial charge on any atom is -0.337 e. The van der Waals surface area contributed by atoms with E-state index in [1.807, 2.05) is 18.2 Å². The minimum atomic E-state index is -0.721. The summed E-state index contributed by atoms with van der Waals surface area (Å²) < 4.78 is 0. The summed E-state index contributed by atoms with van der Waals surface area (Å²) >= 11 is 6.02. The van der Waals surface area contributed by atoms with Gasteiger partial charge in [-0.15, -0.1) is 0 Å². The van der Waals surface area contributed by atoms with Gasteiger partial charge in [0.1, 0.15) is 5.92 Å². The average molecular weight is 350 g/mol. The van der Waals surface area contributed by atoms with Gasteiger partial charge in [0, 0.05) is 18.1 Å². The van der Waals surface area contributed by atoms with Crippen LogP contribution in [0.25, 0.3) is 0 Å². The number of benzene rings is 2. The highest BCUT2D eigenvalue weighted by molar-refractivity contribution is 6.30. The number of hydrogen-bond acceptors (Lipinski definition) is 3. The van der Waals surface area contributed by atoms with Crippen LogP contribution in [0.5, 0.6) is 0 Å². The molecular formula is C20H16ClN3O. The third-order valence-corrected chi connectivity index (χ3v) is 4.70. The molecule has 0 N–H and O–H groups in total. The van der Waals surface area contributed by atoms with Gasteiger partial charge in [-0.2, -0.15) is 10.5 Å². The SMILES string of the molecule is N#Cc1ccc(C[C@@H](C#N)C(=O)N2CCc3cc(Cl)ccc3C2)cc1.